The van der Waals surface area contributed by atoms with E-state index in [9.17, 15) is 26.4 Å². The first kappa shape index (κ1) is 19.1. The topological polar surface area (TPSA) is 63.2 Å². The van der Waals surface area contributed by atoms with Gasteiger partial charge in [-0.15, -0.1) is 11.8 Å². The zero-order valence-corrected chi connectivity index (χ0v) is 14.6. The van der Waals surface area contributed by atoms with Crippen LogP contribution in [0.1, 0.15) is 24.5 Å². The number of carbonyl (C=O) groups excluding carboxylic acids is 1. The van der Waals surface area contributed by atoms with Crippen LogP contribution in [0, 0.1) is 0 Å². The van der Waals surface area contributed by atoms with Crippen molar-refractivity contribution in [3.8, 4) is 0 Å². The maximum absolute atomic E-state index is 12.7. The smallest absolute Gasteiger partial charge is 0.351 e. The lowest BCUT2D eigenvalue weighted by Crippen LogP contribution is -2.40. The molecule has 2 rings (SSSR count). The van der Waals surface area contributed by atoms with Crippen LogP contribution in [-0.2, 0) is 26.6 Å². The Morgan fingerprint density at radius 3 is 2.71 bits per heavy atom. The summed E-state index contributed by atoms with van der Waals surface area (Å²) in [6.07, 6.45) is -3.99. The number of carbonyl (C=O) groups is 1. The molecule has 0 aliphatic carbocycles. The zero-order chi connectivity index (χ0) is 18.0. The molecule has 1 saturated heterocycles. The van der Waals surface area contributed by atoms with Gasteiger partial charge in [0.15, 0.2) is 9.84 Å². The average molecular weight is 381 g/mol. The molecule has 1 amide bonds. The second-order valence-corrected chi connectivity index (χ2v) is 9.32. The summed E-state index contributed by atoms with van der Waals surface area (Å²) < 4.78 is 60.7. The van der Waals surface area contributed by atoms with E-state index in [1.54, 1.807) is 13.0 Å². The fourth-order valence-corrected chi connectivity index (χ4v) is 4.88. The summed E-state index contributed by atoms with van der Waals surface area (Å²) in [4.78, 5) is 12.1. The third kappa shape index (κ3) is 5.41. The van der Waals surface area contributed by atoms with Crippen LogP contribution in [-0.4, -0.2) is 37.1 Å². The molecule has 1 aliphatic heterocycles. The Kier molecular flexibility index (Phi) is 5.85. The fourth-order valence-electron chi connectivity index (χ4n) is 2.36. The Balaban J connectivity index is 1.86. The third-order valence-electron chi connectivity index (χ3n) is 3.70. The summed E-state index contributed by atoms with van der Waals surface area (Å²) in [6, 6.07) is 4.62. The Labute approximate surface area is 143 Å². The van der Waals surface area contributed by atoms with Crippen molar-refractivity contribution in [2.24, 2.45) is 0 Å². The van der Waals surface area contributed by atoms with Gasteiger partial charge in [0.1, 0.15) is 0 Å². The molecule has 0 aromatic heterocycles. The van der Waals surface area contributed by atoms with Crippen molar-refractivity contribution in [2.45, 2.75) is 36.6 Å². The first-order valence-electron chi connectivity index (χ1n) is 7.35. The molecule has 0 saturated carbocycles. The maximum Gasteiger partial charge on any atom is 0.416 e. The van der Waals surface area contributed by atoms with E-state index in [0.29, 0.717) is 12.0 Å². The van der Waals surface area contributed by atoms with Crippen LogP contribution in [0.4, 0.5) is 13.2 Å². The highest BCUT2D eigenvalue weighted by molar-refractivity contribution is 7.99. The standard InChI is InChI=1S/C15H18F3NO3S2/c1-10(14(20)19-13-5-6-24(21,22)9-13)23-8-11-3-2-4-12(7-11)15(16,17)18/h2-4,7,10,13H,5-6,8-9H2,1H3,(H,19,20). The molecular formula is C15H18F3NO3S2. The summed E-state index contributed by atoms with van der Waals surface area (Å²) in [5.41, 5.74) is -0.230. The van der Waals surface area contributed by atoms with Gasteiger partial charge in [0, 0.05) is 11.8 Å². The molecule has 0 radical (unpaired) electrons. The van der Waals surface area contributed by atoms with E-state index in [-0.39, 0.29) is 29.2 Å². The van der Waals surface area contributed by atoms with Gasteiger partial charge >= 0.3 is 6.18 Å². The number of alkyl halides is 3. The van der Waals surface area contributed by atoms with Crippen LogP contribution in [0.15, 0.2) is 24.3 Å². The van der Waals surface area contributed by atoms with Crippen molar-refractivity contribution >= 4 is 27.5 Å². The van der Waals surface area contributed by atoms with Crippen molar-refractivity contribution in [3.05, 3.63) is 35.4 Å². The second-order valence-electron chi connectivity index (χ2n) is 5.76. The van der Waals surface area contributed by atoms with E-state index < -0.39 is 26.8 Å². The largest absolute Gasteiger partial charge is 0.416 e. The molecule has 4 nitrogen and oxygen atoms in total. The van der Waals surface area contributed by atoms with Crippen LogP contribution >= 0.6 is 11.8 Å². The molecule has 1 aliphatic rings. The number of nitrogens with one attached hydrogen (secondary N) is 1. The van der Waals surface area contributed by atoms with Crippen molar-refractivity contribution in [1.29, 1.82) is 0 Å². The van der Waals surface area contributed by atoms with Gasteiger partial charge in [0.05, 0.1) is 22.3 Å². The van der Waals surface area contributed by atoms with Gasteiger partial charge in [-0.3, -0.25) is 4.79 Å². The minimum atomic E-state index is -4.39. The van der Waals surface area contributed by atoms with Crippen molar-refractivity contribution in [2.75, 3.05) is 11.5 Å². The van der Waals surface area contributed by atoms with Gasteiger partial charge in [-0.1, -0.05) is 18.2 Å². The zero-order valence-electron chi connectivity index (χ0n) is 13.0. The summed E-state index contributed by atoms with van der Waals surface area (Å²) in [5.74, 6) is -0.0105. The van der Waals surface area contributed by atoms with E-state index >= 15 is 0 Å². The van der Waals surface area contributed by atoms with E-state index in [4.69, 9.17) is 0 Å². The molecule has 0 spiro atoms. The summed E-state index contributed by atoms with van der Waals surface area (Å²) >= 11 is 1.21. The van der Waals surface area contributed by atoms with Gasteiger partial charge in [-0.05, 0) is 25.0 Å². The Morgan fingerprint density at radius 1 is 1.42 bits per heavy atom. The predicted molar refractivity (Wildman–Crippen MR) is 87.4 cm³/mol. The molecular weight excluding hydrogens is 363 g/mol. The third-order valence-corrected chi connectivity index (χ3v) is 6.68. The van der Waals surface area contributed by atoms with E-state index in [1.807, 2.05) is 0 Å². The molecule has 24 heavy (non-hydrogen) atoms. The molecule has 0 bridgehead atoms. The maximum atomic E-state index is 12.7. The van der Waals surface area contributed by atoms with E-state index in [1.165, 1.54) is 17.8 Å². The van der Waals surface area contributed by atoms with Crippen molar-refractivity contribution < 1.29 is 26.4 Å². The lowest BCUT2D eigenvalue weighted by atomic mass is 10.1. The van der Waals surface area contributed by atoms with Gasteiger partial charge in [0.2, 0.25) is 5.91 Å². The first-order valence-corrected chi connectivity index (χ1v) is 10.2. The Morgan fingerprint density at radius 2 is 2.12 bits per heavy atom. The van der Waals surface area contributed by atoms with Crippen LogP contribution < -0.4 is 5.32 Å². The highest BCUT2D eigenvalue weighted by Gasteiger charge is 2.31. The number of halogens is 3. The fraction of sp³-hybridized carbons (Fsp3) is 0.533. The molecule has 9 heteroatoms. The Bertz CT molecular complexity index is 704. The lowest BCUT2D eigenvalue weighted by molar-refractivity contribution is -0.137. The number of hydrogen-bond acceptors (Lipinski definition) is 4. The van der Waals surface area contributed by atoms with Crippen LogP contribution in [0.25, 0.3) is 0 Å². The van der Waals surface area contributed by atoms with Crippen LogP contribution in [0.2, 0.25) is 0 Å². The van der Waals surface area contributed by atoms with Gasteiger partial charge in [-0.25, -0.2) is 8.42 Å². The number of amides is 1. The SMILES string of the molecule is CC(SCc1cccc(C(F)(F)F)c1)C(=O)NC1CCS(=O)(=O)C1. The number of hydrogen-bond donors (Lipinski definition) is 1. The normalized spacial score (nSPS) is 21.4. The molecule has 2 atom stereocenters. The second kappa shape index (κ2) is 7.35. The monoisotopic (exact) mass is 381 g/mol. The molecule has 1 heterocycles. The summed E-state index contributed by atoms with van der Waals surface area (Å²) in [6.45, 7) is 1.65. The number of thioether (sulfide) groups is 1. The minimum Gasteiger partial charge on any atom is -0.351 e. The van der Waals surface area contributed by atoms with Crippen molar-refractivity contribution in [3.63, 3.8) is 0 Å². The number of rotatable bonds is 5. The predicted octanol–water partition coefficient (Wildman–Crippen LogP) is 2.63. The van der Waals surface area contributed by atoms with Crippen LogP contribution in [0.5, 0.6) is 0 Å². The summed E-state index contributed by atoms with van der Waals surface area (Å²) in [5, 5.41) is 2.20. The number of benzene rings is 1. The van der Waals surface area contributed by atoms with Crippen molar-refractivity contribution in [1.82, 2.24) is 5.32 Å². The van der Waals surface area contributed by atoms with E-state index in [2.05, 4.69) is 5.32 Å². The minimum absolute atomic E-state index is 0.0518. The van der Waals surface area contributed by atoms with Gasteiger partial charge in [-0.2, -0.15) is 13.2 Å². The van der Waals surface area contributed by atoms with E-state index in [0.717, 1.165) is 12.1 Å². The Hall–Kier alpha value is -1.22. The lowest BCUT2D eigenvalue weighted by Gasteiger charge is -2.16. The molecule has 1 aromatic rings. The highest BCUT2D eigenvalue weighted by Crippen LogP contribution is 2.30. The highest BCUT2D eigenvalue weighted by atomic mass is 32.2. The van der Waals surface area contributed by atoms with Gasteiger partial charge < -0.3 is 5.32 Å². The quantitative estimate of drug-likeness (QED) is 0.852. The number of sulfone groups is 1. The summed E-state index contributed by atoms with van der Waals surface area (Å²) in [7, 11) is -3.07. The molecule has 1 aromatic carbocycles. The van der Waals surface area contributed by atoms with Crippen LogP contribution in [0.3, 0.4) is 0 Å². The first-order chi connectivity index (χ1) is 11.1. The molecule has 1 fully saturated rings. The molecule has 134 valence electrons. The van der Waals surface area contributed by atoms with Gasteiger partial charge in [0.25, 0.3) is 0 Å². The molecule has 1 N–H and O–H groups in total. The average Bonchev–Trinajstić information content (AvgIpc) is 2.83. The molecule has 2 unspecified atom stereocenters.